The van der Waals surface area contributed by atoms with Crippen molar-refractivity contribution in [3.8, 4) is 11.5 Å². The van der Waals surface area contributed by atoms with Crippen LogP contribution in [0.5, 0.6) is 11.5 Å². The number of benzene rings is 2. The SMILES string of the molecule is COc1ccc(C(=O)C2=C(c3ccc(OC)cc3)OC(=O)C2=O)cc1. The van der Waals surface area contributed by atoms with Crippen molar-refractivity contribution in [3.63, 3.8) is 0 Å². The third kappa shape index (κ3) is 3.01. The van der Waals surface area contributed by atoms with Crippen molar-refractivity contribution in [2.75, 3.05) is 14.2 Å². The summed E-state index contributed by atoms with van der Waals surface area (Å²) in [5.41, 5.74) is 0.422. The van der Waals surface area contributed by atoms with E-state index < -0.39 is 17.5 Å². The number of cyclic esters (lactones) is 1. The Morgan fingerprint density at radius 2 is 1.36 bits per heavy atom. The van der Waals surface area contributed by atoms with Gasteiger partial charge in [0.15, 0.2) is 5.76 Å². The molecule has 2 aromatic rings. The number of rotatable bonds is 5. The van der Waals surface area contributed by atoms with E-state index in [0.29, 0.717) is 17.1 Å². The number of esters is 1. The molecule has 3 rings (SSSR count). The molecule has 0 bridgehead atoms. The summed E-state index contributed by atoms with van der Waals surface area (Å²) >= 11 is 0. The second-order valence-corrected chi connectivity index (χ2v) is 5.21. The fraction of sp³-hybridized carbons (Fsp3) is 0.105. The van der Waals surface area contributed by atoms with E-state index in [2.05, 4.69) is 0 Å². The van der Waals surface area contributed by atoms with Crippen LogP contribution in [0, 0.1) is 0 Å². The lowest BCUT2D eigenvalue weighted by atomic mass is 9.97. The number of Topliss-reactive ketones (excluding diaryl/α,β-unsaturated/α-hetero) is 2. The number of ketones is 2. The van der Waals surface area contributed by atoms with Crippen LogP contribution in [0.3, 0.4) is 0 Å². The number of hydrogen-bond acceptors (Lipinski definition) is 6. The van der Waals surface area contributed by atoms with Crippen LogP contribution in [0.15, 0.2) is 54.1 Å². The van der Waals surface area contributed by atoms with E-state index >= 15 is 0 Å². The highest BCUT2D eigenvalue weighted by Gasteiger charge is 2.39. The van der Waals surface area contributed by atoms with Gasteiger partial charge in [-0.05, 0) is 48.5 Å². The average Bonchev–Trinajstić information content (AvgIpc) is 2.96. The Hall–Kier alpha value is -3.41. The van der Waals surface area contributed by atoms with Crippen molar-refractivity contribution in [1.82, 2.24) is 0 Å². The van der Waals surface area contributed by atoms with Gasteiger partial charge in [0, 0.05) is 11.1 Å². The van der Waals surface area contributed by atoms with Gasteiger partial charge in [-0.25, -0.2) is 4.79 Å². The third-order valence-electron chi connectivity index (χ3n) is 3.77. The molecule has 6 nitrogen and oxygen atoms in total. The maximum absolute atomic E-state index is 12.7. The predicted molar refractivity (Wildman–Crippen MR) is 88.3 cm³/mol. The molecule has 25 heavy (non-hydrogen) atoms. The molecule has 1 aliphatic rings. The molecule has 0 amide bonds. The van der Waals surface area contributed by atoms with Crippen molar-refractivity contribution in [3.05, 3.63) is 65.2 Å². The van der Waals surface area contributed by atoms with E-state index in [-0.39, 0.29) is 16.9 Å². The minimum absolute atomic E-state index is 0.0431. The highest BCUT2D eigenvalue weighted by molar-refractivity contribution is 6.53. The third-order valence-corrected chi connectivity index (χ3v) is 3.77. The molecule has 0 spiro atoms. The second kappa shape index (κ2) is 6.60. The zero-order valence-corrected chi connectivity index (χ0v) is 13.6. The monoisotopic (exact) mass is 338 g/mol. The Morgan fingerprint density at radius 3 is 1.88 bits per heavy atom. The molecule has 0 atom stereocenters. The van der Waals surface area contributed by atoms with Gasteiger partial charge in [0.05, 0.1) is 14.2 Å². The lowest BCUT2D eigenvalue weighted by Crippen LogP contribution is -2.16. The molecule has 0 aromatic heterocycles. The summed E-state index contributed by atoms with van der Waals surface area (Å²) in [6, 6.07) is 12.8. The quantitative estimate of drug-likeness (QED) is 0.361. The van der Waals surface area contributed by atoms with Gasteiger partial charge in [-0.1, -0.05) is 0 Å². The van der Waals surface area contributed by atoms with Gasteiger partial charge in [0.1, 0.15) is 17.1 Å². The molecule has 0 saturated heterocycles. The zero-order valence-electron chi connectivity index (χ0n) is 13.6. The number of methoxy groups -OCH3 is 2. The fourth-order valence-electron chi connectivity index (χ4n) is 2.43. The lowest BCUT2D eigenvalue weighted by molar-refractivity contribution is -0.144. The van der Waals surface area contributed by atoms with Crippen LogP contribution < -0.4 is 9.47 Å². The van der Waals surface area contributed by atoms with Gasteiger partial charge >= 0.3 is 5.97 Å². The van der Waals surface area contributed by atoms with Gasteiger partial charge in [0.25, 0.3) is 5.78 Å². The minimum atomic E-state index is -1.07. The molecule has 1 heterocycles. The van der Waals surface area contributed by atoms with E-state index in [4.69, 9.17) is 14.2 Å². The Bertz CT molecular complexity index is 875. The van der Waals surface area contributed by atoms with E-state index in [1.54, 1.807) is 36.4 Å². The van der Waals surface area contributed by atoms with Gasteiger partial charge in [0.2, 0.25) is 5.78 Å². The van der Waals surface area contributed by atoms with E-state index in [0.717, 1.165) is 0 Å². The number of hydrogen-bond donors (Lipinski definition) is 0. The van der Waals surface area contributed by atoms with Crippen LogP contribution >= 0.6 is 0 Å². The minimum Gasteiger partial charge on any atom is -0.497 e. The lowest BCUT2D eigenvalue weighted by Gasteiger charge is -2.06. The van der Waals surface area contributed by atoms with Crippen molar-refractivity contribution < 1.29 is 28.6 Å². The van der Waals surface area contributed by atoms with Gasteiger partial charge < -0.3 is 14.2 Å². The van der Waals surface area contributed by atoms with Crippen molar-refractivity contribution >= 4 is 23.3 Å². The summed E-state index contributed by atoms with van der Waals surface area (Å²) in [4.78, 5) is 36.6. The molecule has 0 saturated carbocycles. The molecule has 1 aliphatic heterocycles. The van der Waals surface area contributed by atoms with E-state index in [1.165, 1.54) is 26.4 Å². The molecule has 6 heteroatoms. The van der Waals surface area contributed by atoms with Gasteiger partial charge in [-0.15, -0.1) is 0 Å². The summed E-state index contributed by atoms with van der Waals surface area (Å²) in [6.07, 6.45) is 0. The van der Waals surface area contributed by atoms with E-state index in [9.17, 15) is 14.4 Å². The highest BCUT2D eigenvalue weighted by atomic mass is 16.5. The summed E-state index contributed by atoms with van der Waals surface area (Å²) < 4.78 is 15.2. The maximum atomic E-state index is 12.7. The van der Waals surface area contributed by atoms with Crippen LogP contribution in [0.25, 0.3) is 5.76 Å². The largest absolute Gasteiger partial charge is 0.497 e. The first-order valence-electron chi connectivity index (χ1n) is 7.39. The van der Waals surface area contributed by atoms with Crippen molar-refractivity contribution in [2.24, 2.45) is 0 Å². The Labute approximate surface area is 143 Å². The van der Waals surface area contributed by atoms with Crippen LogP contribution in [-0.2, 0) is 14.3 Å². The highest BCUT2D eigenvalue weighted by Crippen LogP contribution is 2.31. The molecule has 0 radical (unpaired) electrons. The molecular weight excluding hydrogens is 324 g/mol. The number of carbonyl (C=O) groups is 3. The maximum Gasteiger partial charge on any atom is 0.385 e. The normalized spacial score (nSPS) is 13.7. The van der Waals surface area contributed by atoms with Gasteiger partial charge in [-0.2, -0.15) is 0 Å². The molecule has 0 fully saturated rings. The van der Waals surface area contributed by atoms with Crippen LogP contribution in [0.4, 0.5) is 0 Å². The number of carbonyl (C=O) groups excluding carboxylic acids is 3. The van der Waals surface area contributed by atoms with Crippen molar-refractivity contribution in [2.45, 2.75) is 0 Å². The van der Waals surface area contributed by atoms with Crippen LogP contribution in [0.1, 0.15) is 15.9 Å². The predicted octanol–water partition coefficient (Wildman–Crippen LogP) is 2.42. The standard InChI is InChI=1S/C19H14O6/c1-23-13-7-3-11(4-8-13)16(20)15-17(21)19(22)25-18(15)12-5-9-14(24-2)10-6-12/h3-10H,1-2H3. The molecular formula is C19H14O6. The summed E-state index contributed by atoms with van der Waals surface area (Å²) in [5.74, 6) is -1.47. The Kier molecular flexibility index (Phi) is 4.35. The summed E-state index contributed by atoms with van der Waals surface area (Å²) in [7, 11) is 3.03. The van der Waals surface area contributed by atoms with Crippen LogP contribution in [0.2, 0.25) is 0 Å². The zero-order chi connectivity index (χ0) is 18.0. The molecule has 0 unspecified atom stereocenters. The smallest absolute Gasteiger partial charge is 0.385 e. The Morgan fingerprint density at radius 1 is 0.840 bits per heavy atom. The fourth-order valence-corrected chi connectivity index (χ4v) is 2.43. The Balaban J connectivity index is 2.04. The van der Waals surface area contributed by atoms with Crippen LogP contribution in [-0.4, -0.2) is 31.8 Å². The second-order valence-electron chi connectivity index (χ2n) is 5.21. The summed E-state index contributed by atoms with van der Waals surface area (Å²) in [5, 5.41) is 0. The first-order chi connectivity index (χ1) is 12.0. The average molecular weight is 338 g/mol. The number of ether oxygens (including phenoxy) is 3. The van der Waals surface area contributed by atoms with Crippen molar-refractivity contribution in [1.29, 1.82) is 0 Å². The topological polar surface area (TPSA) is 78.9 Å². The first kappa shape index (κ1) is 16.4. The molecule has 0 N–H and O–H groups in total. The van der Waals surface area contributed by atoms with Gasteiger partial charge in [-0.3, -0.25) is 9.59 Å². The first-order valence-corrected chi connectivity index (χ1v) is 7.39. The molecule has 2 aromatic carbocycles. The summed E-state index contributed by atoms with van der Waals surface area (Å²) in [6.45, 7) is 0. The van der Waals surface area contributed by atoms with E-state index in [1.807, 2.05) is 0 Å². The molecule has 0 aliphatic carbocycles. The molecule has 126 valence electrons.